The molecule has 0 amide bonds. The Hall–Kier alpha value is -6.64. The van der Waals surface area contributed by atoms with E-state index in [1.165, 1.54) is 258 Å². The molecule has 0 aromatic heterocycles. The van der Waals surface area contributed by atoms with Gasteiger partial charge in [-0.15, -0.1) is 0 Å². The SMILES string of the molecule is CCCCCCC1(CCCCCC)c2ccccc2-c2ccc(-c3ccc4c(c3)C(c3cc5c6c(c3)CCCN6CCC5)(c3cc5c6c(c3)CCCN6CCC5)c3cc(-c5ccc6c(c5)C(CCCCCC)(CCCCCC)c5ccccc5-6)ccc3-4)cc21. The van der Waals surface area contributed by atoms with Crippen LogP contribution in [0.15, 0.2) is 146 Å². The van der Waals surface area contributed by atoms with Crippen molar-refractivity contribution < 1.29 is 0 Å². The molecule has 8 aromatic carbocycles. The van der Waals surface area contributed by atoms with Gasteiger partial charge in [-0.05, 0) is 224 Å². The van der Waals surface area contributed by atoms with Crippen LogP contribution in [0.1, 0.15) is 249 Å². The van der Waals surface area contributed by atoms with Gasteiger partial charge in [0.05, 0.1) is 5.41 Å². The number of unbranched alkanes of at least 4 members (excludes halogenated alkanes) is 12. The Morgan fingerprint density at radius 1 is 0.292 bits per heavy atom. The molecule has 0 radical (unpaired) electrons. The molecular weight excluding hydrogens is 1070 g/mol. The van der Waals surface area contributed by atoms with Crippen LogP contribution in [-0.4, -0.2) is 26.2 Å². The van der Waals surface area contributed by atoms with Gasteiger partial charge in [0.25, 0.3) is 0 Å². The Morgan fingerprint density at radius 3 is 0.910 bits per heavy atom. The lowest BCUT2D eigenvalue weighted by molar-refractivity contribution is 0.401. The second kappa shape index (κ2) is 24.9. The molecule has 2 heteroatoms. The summed E-state index contributed by atoms with van der Waals surface area (Å²) in [6, 6.07) is 61.5. The second-order valence-corrected chi connectivity index (χ2v) is 29.0. The smallest absolute Gasteiger partial charge is 0.0714 e. The number of rotatable bonds is 24. The first-order chi connectivity index (χ1) is 43.9. The van der Waals surface area contributed by atoms with Gasteiger partial charge < -0.3 is 9.80 Å². The molecular formula is C87H100N2. The van der Waals surface area contributed by atoms with Gasteiger partial charge in [0, 0.05) is 48.4 Å². The molecule has 15 rings (SSSR count). The minimum Gasteiger partial charge on any atom is -0.371 e. The molecule has 0 bridgehead atoms. The van der Waals surface area contributed by atoms with Crippen LogP contribution in [0.2, 0.25) is 0 Å². The van der Waals surface area contributed by atoms with Gasteiger partial charge in [-0.2, -0.15) is 0 Å². The van der Waals surface area contributed by atoms with Crippen LogP contribution in [0, 0.1) is 0 Å². The first-order valence-corrected chi connectivity index (χ1v) is 36.5. The molecule has 0 spiro atoms. The summed E-state index contributed by atoms with van der Waals surface area (Å²) < 4.78 is 0. The molecule has 0 saturated carbocycles. The molecule has 4 heterocycles. The number of aryl methyl sites for hydroxylation is 4. The zero-order chi connectivity index (χ0) is 60.1. The lowest BCUT2D eigenvalue weighted by Gasteiger charge is -2.42. The van der Waals surface area contributed by atoms with Crippen molar-refractivity contribution in [3.05, 3.63) is 212 Å². The largest absolute Gasteiger partial charge is 0.371 e. The predicted molar refractivity (Wildman–Crippen MR) is 380 cm³/mol. The topological polar surface area (TPSA) is 6.48 Å². The number of anilines is 2. The fourth-order valence-corrected chi connectivity index (χ4v) is 19.5. The van der Waals surface area contributed by atoms with E-state index < -0.39 is 5.41 Å². The predicted octanol–water partition coefficient (Wildman–Crippen LogP) is 23.2. The quantitative estimate of drug-likeness (QED) is 0.0557. The lowest BCUT2D eigenvalue weighted by Crippen LogP contribution is -2.37. The maximum atomic E-state index is 2.77. The first kappa shape index (κ1) is 58.7. The highest BCUT2D eigenvalue weighted by Gasteiger charge is 2.50. The molecule has 0 saturated heterocycles. The molecule has 0 unspecified atom stereocenters. The number of hydrogen-bond acceptors (Lipinski definition) is 2. The maximum Gasteiger partial charge on any atom is 0.0714 e. The third-order valence-electron chi connectivity index (χ3n) is 23.7. The van der Waals surface area contributed by atoms with Gasteiger partial charge >= 0.3 is 0 Å². The summed E-state index contributed by atoms with van der Waals surface area (Å²) >= 11 is 0. The van der Waals surface area contributed by atoms with Gasteiger partial charge in [-0.1, -0.05) is 252 Å². The summed E-state index contributed by atoms with van der Waals surface area (Å²) in [5, 5.41) is 0. The number of benzene rings is 8. The minimum atomic E-state index is -0.544. The van der Waals surface area contributed by atoms with Crippen LogP contribution < -0.4 is 9.80 Å². The van der Waals surface area contributed by atoms with E-state index in [4.69, 9.17) is 0 Å². The van der Waals surface area contributed by atoms with Crippen LogP contribution in [0.3, 0.4) is 0 Å². The van der Waals surface area contributed by atoms with E-state index in [1.807, 2.05) is 0 Å². The van der Waals surface area contributed by atoms with Crippen molar-refractivity contribution in [2.75, 3.05) is 36.0 Å². The Labute approximate surface area is 536 Å². The molecule has 0 fully saturated rings. The summed E-state index contributed by atoms with van der Waals surface area (Å²) in [5.74, 6) is 0. The van der Waals surface area contributed by atoms with Gasteiger partial charge in [0.2, 0.25) is 0 Å². The van der Waals surface area contributed by atoms with E-state index >= 15 is 0 Å². The zero-order valence-electron chi connectivity index (χ0n) is 54.9. The van der Waals surface area contributed by atoms with E-state index in [2.05, 4.69) is 183 Å². The molecule has 458 valence electrons. The van der Waals surface area contributed by atoms with E-state index in [9.17, 15) is 0 Å². The minimum absolute atomic E-state index is 0.0253. The third-order valence-corrected chi connectivity index (χ3v) is 23.7. The molecule has 0 N–H and O–H groups in total. The van der Waals surface area contributed by atoms with E-state index in [0.29, 0.717) is 0 Å². The number of hydrogen-bond donors (Lipinski definition) is 0. The van der Waals surface area contributed by atoms with Gasteiger partial charge in [0.15, 0.2) is 0 Å². The third kappa shape index (κ3) is 9.91. The zero-order valence-corrected chi connectivity index (χ0v) is 54.9. The normalized spacial score (nSPS) is 17.1. The maximum absolute atomic E-state index is 2.77. The average Bonchev–Trinajstić information content (AvgIpc) is 1.60. The fourth-order valence-electron chi connectivity index (χ4n) is 19.5. The van der Waals surface area contributed by atoms with E-state index in [-0.39, 0.29) is 10.8 Å². The number of fused-ring (bicyclic) bond motifs is 9. The van der Waals surface area contributed by atoms with Crippen molar-refractivity contribution >= 4 is 11.4 Å². The Kier molecular flexibility index (Phi) is 16.4. The molecule has 8 aromatic rings. The van der Waals surface area contributed by atoms with Crippen molar-refractivity contribution in [3.8, 4) is 55.6 Å². The summed E-state index contributed by atoms with van der Waals surface area (Å²) in [5.41, 5.74) is 35.4. The Bertz CT molecular complexity index is 3580. The van der Waals surface area contributed by atoms with Crippen molar-refractivity contribution in [2.24, 2.45) is 0 Å². The fraction of sp³-hybridized carbons (Fsp3) is 0.448. The van der Waals surface area contributed by atoms with Crippen LogP contribution in [0.5, 0.6) is 0 Å². The highest BCUT2D eigenvalue weighted by Crippen LogP contribution is 2.62. The summed E-state index contributed by atoms with van der Waals surface area (Å²) in [4.78, 5) is 5.52. The summed E-state index contributed by atoms with van der Waals surface area (Å²) in [6.45, 7) is 14.2. The molecule has 0 atom stereocenters. The van der Waals surface area contributed by atoms with Gasteiger partial charge in [0.1, 0.15) is 0 Å². The highest BCUT2D eigenvalue weighted by atomic mass is 15.1. The molecule has 89 heavy (non-hydrogen) atoms. The molecule has 4 aliphatic heterocycles. The lowest BCUT2D eigenvalue weighted by atomic mass is 9.65. The standard InChI is InChI=1S/C87H100N2/c1-5-9-13-21-45-85(46-22-14-10-6-2)77-35-19-17-33-71(77)73-41-37-61(57-79(73)85)63-39-43-75-76-44-40-64(62-38-42-74-72-34-18-20-36-78(72)86(80(74)58-62,47-23-15-11-7-3)48-24-16-12-8-4)60-82(76)87(81(75)59-63,69-53-65-29-25-49-88-50-26-30-66(54-69)83(65)88)70-55-67-31-27-51-89-52-28-32-68(56-70)84(67)89/h17-20,33-44,53-60H,5-16,21-32,45-52H2,1-4H3. The van der Waals surface area contributed by atoms with Gasteiger partial charge in [-0.25, -0.2) is 0 Å². The van der Waals surface area contributed by atoms with Crippen molar-refractivity contribution in [3.63, 3.8) is 0 Å². The monoisotopic (exact) mass is 1170 g/mol. The molecule has 7 aliphatic rings. The Balaban J connectivity index is 0.952. The van der Waals surface area contributed by atoms with E-state index in [0.717, 1.165) is 25.7 Å². The van der Waals surface area contributed by atoms with Crippen LogP contribution in [0.25, 0.3) is 55.6 Å². The molecule has 2 nitrogen and oxygen atoms in total. The van der Waals surface area contributed by atoms with E-state index in [1.54, 1.807) is 55.9 Å². The summed E-state index contributed by atoms with van der Waals surface area (Å²) in [6.07, 6.45) is 35.1. The van der Waals surface area contributed by atoms with Crippen LogP contribution >= 0.6 is 0 Å². The second-order valence-electron chi connectivity index (χ2n) is 29.0. The van der Waals surface area contributed by atoms with Crippen LogP contribution in [0.4, 0.5) is 11.4 Å². The number of nitrogens with zero attached hydrogens (tertiary/aromatic N) is 2. The highest BCUT2D eigenvalue weighted by molar-refractivity contribution is 5.93. The van der Waals surface area contributed by atoms with Crippen LogP contribution in [-0.2, 0) is 41.9 Å². The van der Waals surface area contributed by atoms with Gasteiger partial charge in [-0.3, -0.25) is 0 Å². The first-order valence-electron chi connectivity index (χ1n) is 36.5. The average molecular weight is 1170 g/mol. The van der Waals surface area contributed by atoms with Crippen molar-refractivity contribution in [1.82, 2.24) is 0 Å². The van der Waals surface area contributed by atoms with Crippen molar-refractivity contribution in [1.29, 1.82) is 0 Å². The Morgan fingerprint density at radius 2 is 0.584 bits per heavy atom. The van der Waals surface area contributed by atoms with Crippen molar-refractivity contribution in [2.45, 2.75) is 224 Å². The summed E-state index contributed by atoms with van der Waals surface area (Å²) in [7, 11) is 0. The molecule has 3 aliphatic carbocycles.